The molecule has 0 unspecified atom stereocenters. The maximum atomic E-state index is 12.8. The zero-order valence-corrected chi connectivity index (χ0v) is 17.1. The Bertz CT molecular complexity index is 959. The summed E-state index contributed by atoms with van der Waals surface area (Å²) in [5, 5.41) is 8.84. The lowest BCUT2D eigenvalue weighted by Gasteiger charge is -2.13. The highest BCUT2D eigenvalue weighted by molar-refractivity contribution is 7.99. The molecular formula is C20H24N4O2S. The van der Waals surface area contributed by atoms with E-state index in [-0.39, 0.29) is 5.78 Å². The Balaban J connectivity index is 1.78. The van der Waals surface area contributed by atoms with Gasteiger partial charge in [-0.25, -0.2) is 0 Å². The standard InChI is InChI=1S/C20H24N4O2S/c1-13(2)24-14(3)9-18(15(24)4)19(25)11-27-20-22-21-12-23(20)16-7-6-8-17(10-16)26-5/h6-10,12-13H,11H2,1-5H3. The topological polar surface area (TPSA) is 61.9 Å². The van der Waals surface area contributed by atoms with Gasteiger partial charge in [0.1, 0.15) is 12.1 Å². The van der Waals surface area contributed by atoms with E-state index in [0.29, 0.717) is 17.0 Å². The number of methoxy groups -OCH3 is 1. The molecule has 0 aliphatic carbocycles. The molecule has 0 fully saturated rings. The van der Waals surface area contributed by atoms with Crippen molar-refractivity contribution < 1.29 is 9.53 Å². The predicted molar refractivity (Wildman–Crippen MR) is 107 cm³/mol. The van der Waals surface area contributed by atoms with Gasteiger partial charge in [-0.1, -0.05) is 17.8 Å². The number of aromatic nitrogens is 4. The van der Waals surface area contributed by atoms with E-state index < -0.39 is 0 Å². The van der Waals surface area contributed by atoms with E-state index in [2.05, 4.69) is 28.6 Å². The summed E-state index contributed by atoms with van der Waals surface area (Å²) in [4.78, 5) is 12.8. The largest absolute Gasteiger partial charge is 0.497 e. The Morgan fingerprint density at radius 1 is 1.26 bits per heavy atom. The van der Waals surface area contributed by atoms with Crippen LogP contribution < -0.4 is 4.74 Å². The van der Waals surface area contributed by atoms with Crippen LogP contribution in [0, 0.1) is 13.8 Å². The molecule has 3 aromatic rings. The summed E-state index contributed by atoms with van der Waals surface area (Å²) >= 11 is 1.39. The van der Waals surface area contributed by atoms with Crippen molar-refractivity contribution in [3.8, 4) is 11.4 Å². The zero-order valence-electron chi connectivity index (χ0n) is 16.3. The minimum absolute atomic E-state index is 0.0974. The Morgan fingerprint density at radius 3 is 2.70 bits per heavy atom. The number of nitrogens with zero attached hydrogens (tertiary/aromatic N) is 4. The SMILES string of the molecule is COc1cccc(-n2cnnc2SCC(=O)c2cc(C)n(C(C)C)c2C)c1. The average Bonchev–Trinajstić information content (AvgIpc) is 3.23. The van der Waals surface area contributed by atoms with Crippen LogP contribution in [-0.2, 0) is 0 Å². The summed E-state index contributed by atoms with van der Waals surface area (Å²) in [5.41, 5.74) is 3.80. The van der Waals surface area contributed by atoms with Crippen molar-refractivity contribution in [3.05, 3.63) is 53.6 Å². The Morgan fingerprint density at radius 2 is 2.04 bits per heavy atom. The molecule has 0 saturated carbocycles. The number of aryl methyl sites for hydroxylation is 1. The third-order valence-electron chi connectivity index (χ3n) is 4.48. The maximum Gasteiger partial charge on any atom is 0.196 e. The molecule has 0 bridgehead atoms. The Hall–Kier alpha value is -2.54. The summed E-state index contributed by atoms with van der Waals surface area (Å²) in [5.74, 6) is 1.17. The summed E-state index contributed by atoms with van der Waals surface area (Å²) < 4.78 is 9.33. The quantitative estimate of drug-likeness (QED) is 0.450. The predicted octanol–water partition coefficient (Wildman–Crippen LogP) is 4.25. The van der Waals surface area contributed by atoms with Gasteiger partial charge in [0, 0.05) is 29.1 Å². The molecule has 0 atom stereocenters. The normalized spacial score (nSPS) is 11.2. The van der Waals surface area contributed by atoms with Gasteiger partial charge in [-0.05, 0) is 45.9 Å². The van der Waals surface area contributed by atoms with Crippen LogP contribution in [-0.4, -0.2) is 38.0 Å². The van der Waals surface area contributed by atoms with Crippen LogP contribution >= 0.6 is 11.8 Å². The van der Waals surface area contributed by atoms with Crippen LogP contribution in [0.25, 0.3) is 5.69 Å². The van der Waals surface area contributed by atoms with Gasteiger partial charge in [-0.15, -0.1) is 10.2 Å². The number of Topliss-reactive ketones (excluding diaryl/α,β-unsaturated/α-hetero) is 1. The zero-order chi connectivity index (χ0) is 19.6. The lowest BCUT2D eigenvalue weighted by Crippen LogP contribution is -2.08. The molecule has 0 amide bonds. The molecule has 0 N–H and O–H groups in total. The van der Waals surface area contributed by atoms with Crippen molar-refractivity contribution in [3.63, 3.8) is 0 Å². The number of hydrogen-bond donors (Lipinski definition) is 0. The lowest BCUT2D eigenvalue weighted by atomic mass is 10.2. The second kappa shape index (κ2) is 8.00. The molecule has 0 aliphatic rings. The molecule has 3 rings (SSSR count). The van der Waals surface area contributed by atoms with Gasteiger partial charge in [-0.2, -0.15) is 0 Å². The van der Waals surface area contributed by atoms with E-state index >= 15 is 0 Å². The number of ether oxygens (including phenoxy) is 1. The molecule has 7 heteroatoms. The van der Waals surface area contributed by atoms with Crippen LogP contribution in [0.3, 0.4) is 0 Å². The monoisotopic (exact) mass is 384 g/mol. The molecule has 27 heavy (non-hydrogen) atoms. The molecule has 0 aliphatic heterocycles. The minimum atomic E-state index is 0.0974. The highest BCUT2D eigenvalue weighted by Gasteiger charge is 2.18. The van der Waals surface area contributed by atoms with E-state index in [1.54, 1.807) is 13.4 Å². The number of carbonyl (C=O) groups excluding carboxylic acids is 1. The summed E-state index contributed by atoms with van der Waals surface area (Å²) in [7, 11) is 1.63. The Kier molecular flexibility index (Phi) is 5.70. The fourth-order valence-corrected chi connectivity index (χ4v) is 4.13. The van der Waals surface area contributed by atoms with Gasteiger partial charge < -0.3 is 9.30 Å². The first-order chi connectivity index (χ1) is 12.9. The van der Waals surface area contributed by atoms with Crippen molar-refractivity contribution in [1.82, 2.24) is 19.3 Å². The Labute approximate surface area is 163 Å². The molecule has 2 heterocycles. The van der Waals surface area contributed by atoms with Crippen molar-refractivity contribution in [1.29, 1.82) is 0 Å². The molecule has 6 nitrogen and oxygen atoms in total. The van der Waals surface area contributed by atoms with Gasteiger partial charge in [0.2, 0.25) is 0 Å². The van der Waals surface area contributed by atoms with Gasteiger partial charge in [0.15, 0.2) is 10.9 Å². The van der Waals surface area contributed by atoms with Crippen LogP contribution in [0.1, 0.15) is 41.6 Å². The summed E-state index contributed by atoms with van der Waals surface area (Å²) in [6.45, 7) is 8.29. The second-order valence-corrected chi connectivity index (χ2v) is 7.59. The fourth-order valence-electron chi connectivity index (χ4n) is 3.32. The summed E-state index contributed by atoms with van der Waals surface area (Å²) in [6.07, 6.45) is 1.65. The third kappa shape index (κ3) is 3.93. The first-order valence-electron chi connectivity index (χ1n) is 8.81. The van der Waals surface area contributed by atoms with Crippen LogP contribution in [0.2, 0.25) is 0 Å². The van der Waals surface area contributed by atoms with Crippen molar-refractivity contribution in [2.75, 3.05) is 12.9 Å². The summed E-state index contributed by atoms with van der Waals surface area (Å²) in [6, 6.07) is 9.96. The number of hydrogen-bond acceptors (Lipinski definition) is 5. The highest BCUT2D eigenvalue weighted by Crippen LogP contribution is 2.25. The van der Waals surface area contributed by atoms with E-state index in [0.717, 1.165) is 28.4 Å². The van der Waals surface area contributed by atoms with Gasteiger partial charge in [0.05, 0.1) is 18.6 Å². The fraction of sp³-hybridized carbons (Fsp3) is 0.350. The molecule has 0 radical (unpaired) electrons. The highest BCUT2D eigenvalue weighted by atomic mass is 32.2. The van der Waals surface area contributed by atoms with Gasteiger partial charge >= 0.3 is 0 Å². The molecule has 0 saturated heterocycles. The third-order valence-corrected chi connectivity index (χ3v) is 5.42. The number of thioether (sulfide) groups is 1. The van der Waals surface area contributed by atoms with Crippen molar-refractivity contribution >= 4 is 17.5 Å². The van der Waals surface area contributed by atoms with E-state index in [4.69, 9.17) is 4.74 Å². The van der Waals surface area contributed by atoms with E-state index in [9.17, 15) is 4.79 Å². The smallest absolute Gasteiger partial charge is 0.196 e. The number of rotatable bonds is 7. The van der Waals surface area contributed by atoms with Crippen LogP contribution in [0.5, 0.6) is 5.75 Å². The van der Waals surface area contributed by atoms with Gasteiger partial charge in [-0.3, -0.25) is 9.36 Å². The average molecular weight is 385 g/mol. The maximum absolute atomic E-state index is 12.8. The molecule has 2 aromatic heterocycles. The second-order valence-electron chi connectivity index (χ2n) is 6.65. The molecular weight excluding hydrogens is 360 g/mol. The van der Waals surface area contributed by atoms with E-state index in [1.807, 2.05) is 48.7 Å². The first-order valence-corrected chi connectivity index (χ1v) is 9.79. The number of ketones is 1. The number of carbonyl (C=O) groups is 1. The number of benzene rings is 1. The molecule has 0 spiro atoms. The van der Waals surface area contributed by atoms with Crippen molar-refractivity contribution in [2.45, 2.75) is 38.9 Å². The van der Waals surface area contributed by atoms with E-state index in [1.165, 1.54) is 11.8 Å². The van der Waals surface area contributed by atoms with Crippen LogP contribution in [0.15, 0.2) is 41.8 Å². The molecule has 142 valence electrons. The van der Waals surface area contributed by atoms with Gasteiger partial charge in [0.25, 0.3) is 0 Å². The molecule has 1 aromatic carbocycles. The lowest BCUT2D eigenvalue weighted by molar-refractivity contribution is 0.102. The first kappa shape index (κ1) is 19.2. The van der Waals surface area contributed by atoms with Crippen molar-refractivity contribution in [2.24, 2.45) is 0 Å². The minimum Gasteiger partial charge on any atom is -0.497 e. The van der Waals surface area contributed by atoms with Crippen LogP contribution in [0.4, 0.5) is 0 Å².